The highest BCUT2D eigenvalue weighted by Crippen LogP contribution is 2.66. The topological polar surface area (TPSA) is 108 Å². The Hall–Kier alpha value is -2.12. The molecule has 0 unspecified atom stereocenters. The van der Waals surface area contributed by atoms with Crippen molar-refractivity contribution in [2.24, 2.45) is 40.4 Å². The minimum Gasteiger partial charge on any atom is -0.466 e. The van der Waals surface area contributed by atoms with E-state index in [4.69, 9.17) is 14.2 Å². The van der Waals surface area contributed by atoms with Crippen LogP contribution in [0.3, 0.4) is 0 Å². The van der Waals surface area contributed by atoms with E-state index in [9.17, 15) is 19.2 Å². The number of amides is 1. The molecule has 0 spiro atoms. The molecule has 0 aliphatic heterocycles. The molecular weight excluding hydrogens is 498 g/mol. The third kappa shape index (κ3) is 6.30. The van der Waals surface area contributed by atoms with Crippen molar-refractivity contribution < 1.29 is 33.4 Å². The summed E-state index contributed by atoms with van der Waals surface area (Å²) in [6.45, 7) is 11.5. The van der Waals surface area contributed by atoms with E-state index in [1.54, 1.807) is 6.92 Å². The van der Waals surface area contributed by atoms with Crippen LogP contribution in [0.1, 0.15) is 106 Å². The van der Waals surface area contributed by atoms with Gasteiger partial charge in [-0.3, -0.25) is 19.2 Å². The number of esters is 3. The van der Waals surface area contributed by atoms with Crippen LogP contribution >= 0.6 is 0 Å². The number of ether oxygens (including phenoxy) is 3. The zero-order valence-corrected chi connectivity index (χ0v) is 24.8. The Morgan fingerprint density at radius 1 is 0.872 bits per heavy atom. The van der Waals surface area contributed by atoms with Crippen molar-refractivity contribution in [1.29, 1.82) is 0 Å². The van der Waals surface area contributed by atoms with E-state index in [0.29, 0.717) is 36.7 Å². The molecule has 8 nitrogen and oxygen atoms in total. The van der Waals surface area contributed by atoms with Gasteiger partial charge in [-0.1, -0.05) is 20.8 Å². The van der Waals surface area contributed by atoms with Gasteiger partial charge in [0, 0.05) is 27.2 Å². The molecule has 4 saturated carbocycles. The molecular formula is C31H49NO7. The summed E-state index contributed by atoms with van der Waals surface area (Å²) >= 11 is 0. The molecule has 0 aromatic heterocycles. The van der Waals surface area contributed by atoms with Crippen molar-refractivity contribution in [1.82, 2.24) is 5.32 Å². The number of hydrogen-bond acceptors (Lipinski definition) is 7. The van der Waals surface area contributed by atoms with Crippen LogP contribution < -0.4 is 5.32 Å². The molecule has 1 N–H and O–H groups in total. The van der Waals surface area contributed by atoms with Crippen molar-refractivity contribution in [3.8, 4) is 0 Å². The highest BCUT2D eigenvalue weighted by Gasteiger charge is 2.63. The molecule has 4 rings (SSSR count). The molecule has 0 heterocycles. The Bertz CT molecular complexity index is 951. The predicted molar refractivity (Wildman–Crippen MR) is 145 cm³/mol. The lowest BCUT2D eigenvalue weighted by atomic mass is 9.45. The molecule has 4 aliphatic rings. The summed E-state index contributed by atoms with van der Waals surface area (Å²) in [6, 6.07) is -0.186. The second-order valence-electron chi connectivity index (χ2n) is 13.6. The van der Waals surface area contributed by atoms with Crippen LogP contribution in [0.5, 0.6) is 0 Å². The summed E-state index contributed by atoms with van der Waals surface area (Å²) in [5.74, 6) is 1.34. The number of carbonyl (C=O) groups excluding carboxylic acids is 4. The molecule has 8 heteroatoms. The SMILES string of the molecule is CC(=O)N[C@H]1[C@@H](OC(=O)CC[C@H](C)COC(C)=O)C[C@H]2[C@@H]3CC[C@H]4C[C@H](OC(C)=O)CC[C@]4(C)[C@H]3CC[C@@]21C. The predicted octanol–water partition coefficient (Wildman–Crippen LogP) is 4.97. The first-order chi connectivity index (χ1) is 18.3. The molecule has 10 atom stereocenters. The zero-order valence-electron chi connectivity index (χ0n) is 24.8. The summed E-state index contributed by atoms with van der Waals surface area (Å²) in [5.41, 5.74) is 0.121. The molecule has 220 valence electrons. The number of carbonyl (C=O) groups is 4. The summed E-state index contributed by atoms with van der Waals surface area (Å²) in [6.07, 6.45) is 8.73. The Labute approximate surface area is 233 Å². The van der Waals surface area contributed by atoms with E-state index >= 15 is 0 Å². The molecule has 39 heavy (non-hydrogen) atoms. The zero-order chi connectivity index (χ0) is 28.5. The van der Waals surface area contributed by atoms with E-state index in [1.165, 1.54) is 13.8 Å². The van der Waals surface area contributed by atoms with Crippen LogP contribution in [-0.4, -0.2) is 48.7 Å². The first-order valence-electron chi connectivity index (χ1n) is 15.1. The number of hydrogen-bond donors (Lipinski definition) is 1. The highest BCUT2D eigenvalue weighted by atomic mass is 16.5. The van der Waals surface area contributed by atoms with Crippen molar-refractivity contribution in [2.75, 3.05) is 6.61 Å². The fourth-order valence-electron chi connectivity index (χ4n) is 9.08. The van der Waals surface area contributed by atoms with Crippen molar-refractivity contribution in [3.05, 3.63) is 0 Å². The van der Waals surface area contributed by atoms with E-state index in [0.717, 1.165) is 51.4 Å². The van der Waals surface area contributed by atoms with Crippen molar-refractivity contribution >= 4 is 23.8 Å². The van der Waals surface area contributed by atoms with Crippen LogP contribution in [0.15, 0.2) is 0 Å². The lowest BCUT2D eigenvalue weighted by Crippen LogP contribution is -2.57. The van der Waals surface area contributed by atoms with E-state index < -0.39 is 0 Å². The first-order valence-corrected chi connectivity index (χ1v) is 15.1. The Kier molecular flexibility index (Phi) is 9.02. The van der Waals surface area contributed by atoms with Gasteiger partial charge in [0.25, 0.3) is 0 Å². The summed E-state index contributed by atoms with van der Waals surface area (Å²) in [5, 5.41) is 3.20. The Balaban J connectivity index is 1.45. The van der Waals surface area contributed by atoms with E-state index in [1.807, 2.05) is 6.92 Å². The molecule has 0 radical (unpaired) electrons. The summed E-state index contributed by atoms with van der Waals surface area (Å²) < 4.78 is 16.8. The fraction of sp³-hybridized carbons (Fsp3) is 0.871. The van der Waals surface area contributed by atoms with Gasteiger partial charge in [-0.2, -0.15) is 0 Å². The van der Waals surface area contributed by atoms with E-state index in [2.05, 4.69) is 19.2 Å². The minimum atomic E-state index is -0.329. The van der Waals surface area contributed by atoms with Crippen LogP contribution in [0.25, 0.3) is 0 Å². The van der Waals surface area contributed by atoms with Gasteiger partial charge in [-0.25, -0.2) is 0 Å². The van der Waals surface area contributed by atoms with Crippen LogP contribution in [0.4, 0.5) is 0 Å². The van der Waals surface area contributed by atoms with Crippen LogP contribution in [0.2, 0.25) is 0 Å². The molecule has 4 aliphatic carbocycles. The van der Waals surface area contributed by atoms with Gasteiger partial charge in [0.1, 0.15) is 12.2 Å². The van der Waals surface area contributed by atoms with E-state index in [-0.39, 0.29) is 65.2 Å². The van der Waals surface area contributed by atoms with Crippen LogP contribution in [-0.2, 0) is 33.4 Å². The molecule has 0 aromatic rings. The van der Waals surface area contributed by atoms with Crippen molar-refractivity contribution in [3.63, 3.8) is 0 Å². The smallest absolute Gasteiger partial charge is 0.306 e. The summed E-state index contributed by atoms with van der Waals surface area (Å²) in [7, 11) is 0. The minimum absolute atomic E-state index is 0.0437. The maximum Gasteiger partial charge on any atom is 0.306 e. The largest absolute Gasteiger partial charge is 0.466 e. The molecule has 0 bridgehead atoms. The molecule has 1 amide bonds. The monoisotopic (exact) mass is 547 g/mol. The van der Waals surface area contributed by atoms with Gasteiger partial charge in [-0.15, -0.1) is 0 Å². The van der Waals surface area contributed by atoms with Gasteiger partial charge in [-0.05, 0) is 98.2 Å². The normalized spacial score (nSPS) is 39.8. The lowest BCUT2D eigenvalue weighted by Gasteiger charge is -2.60. The van der Waals surface area contributed by atoms with Crippen LogP contribution in [0, 0.1) is 40.4 Å². The highest BCUT2D eigenvalue weighted by molar-refractivity contribution is 5.74. The molecule has 0 saturated heterocycles. The fourth-order valence-corrected chi connectivity index (χ4v) is 9.08. The maximum absolute atomic E-state index is 12.9. The van der Waals surface area contributed by atoms with Gasteiger partial charge in [0.15, 0.2) is 0 Å². The second kappa shape index (κ2) is 11.8. The number of fused-ring (bicyclic) bond motifs is 5. The summed E-state index contributed by atoms with van der Waals surface area (Å²) in [4.78, 5) is 47.9. The third-order valence-electron chi connectivity index (χ3n) is 11.0. The molecule has 0 aromatic carbocycles. The Morgan fingerprint density at radius 3 is 2.26 bits per heavy atom. The quantitative estimate of drug-likeness (QED) is 0.338. The van der Waals surface area contributed by atoms with Crippen molar-refractivity contribution in [2.45, 2.75) is 124 Å². The molecule has 4 fully saturated rings. The van der Waals surface area contributed by atoms with Gasteiger partial charge in [0.05, 0.1) is 12.6 Å². The van der Waals surface area contributed by atoms with Gasteiger partial charge >= 0.3 is 17.9 Å². The lowest BCUT2D eigenvalue weighted by molar-refractivity contribution is -0.159. The first kappa shape index (κ1) is 29.9. The number of rotatable bonds is 8. The van der Waals surface area contributed by atoms with Gasteiger partial charge in [0.2, 0.25) is 5.91 Å². The average molecular weight is 548 g/mol. The van der Waals surface area contributed by atoms with Gasteiger partial charge < -0.3 is 19.5 Å². The standard InChI is InChI=1S/C31H49NO7/c1-18(17-37-20(3)34)7-10-28(36)39-27-16-26-24-9-8-22-15-23(38-21(4)35)11-13-30(22,5)25(24)12-14-31(26,6)29(27)32-19(2)33/h18,22-27,29H,7-17H2,1-6H3,(H,32,33)/t18-,22-,23+,24+,25-,26-,27-,29-,30-,31-/m0/s1. The Morgan fingerprint density at radius 2 is 1.59 bits per heavy atom. The third-order valence-corrected chi connectivity index (χ3v) is 11.0. The number of nitrogens with one attached hydrogen (secondary N) is 1. The average Bonchev–Trinajstić information content (AvgIpc) is 3.12. The second-order valence-corrected chi connectivity index (χ2v) is 13.6. The maximum atomic E-state index is 12.9.